The van der Waals surface area contributed by atoms with Crippen molar-refractivity contribution < 1.29 is 9.53 Å². The summed E-state index contributed by atoms with van der Waals surface area (Å²) in [7, 11) is 1.42. The van der Waals surface area contributed by atoms with Crippen LogP contribution in [0.5, 0.6) is 0 Å². The molecule has 2 aliphatic heterocycles. The molecule has 2 rings (SSSR count). The summed E-state index contributed by atoms with van der Waals surface area (Å²) in [6.45, 7) is 2.11. The molecule has 2 N–H and O–H groups in total. The molecule has 0 spiro atoms. The Morgan fingerprint density at radius 1 is 1.47 bits per heavy atom. The number of nitrogens with zero attached hydrogens (tertiary/aromatic N) is 1. The highest BCUT2D eigenvalue weighted by atomic mass is 16.5. The van der Waals surface area contributed by atoms with E-state index in [1.54, 1.807) is 0 Å². The van der Waals surface area contributed by atoms with Crippen molar-refractivity contribution in [2.45, 2.75) is 43.7 Å². The molecule has 0 amide bonds. The number of methoxy groups -OCH3 is 1. The molecule has 2 atom stereocenters. The van der Waals surface area contributed by atoms with Gasteiger partial charge >= 0.3 is 5.97 Å². The summed E-state index contributed by atoms with van der Waals surface area (Å²) in [6, 6.07) is 0.497. The first-order chi connectivity index (χ1) is 7.15. The summed E-state index contributed by atoms with van der Waals surface area (Å²) in [6.07, 6.45) is 5.22. The van der Waals surface area contributed by atoms with E-state index in [0.29, 0.717) is 6.04 Å². The third kappa shape index (κ3) is 2.01. The third-order valence-corrected chi connectivity index (χ3v) is 3.79. The summed E-state index contributed by atoms with van der Waals surface area (Å²) in [5, 5.41) is 0. The highest BCUT2D eigenvalue weighted by Gasteiger charge is 2.43. The van der Waals surface area contributed by atoms with Crippen molar-refractivity contribution in [3.05, 3.63) is 0 Å². The predicted octanol–water partition coefficient (Wildman–Crippen LogP) is 0.505. The normalized spacial score (nSPS) is 37.1. The van der Waals surface area contributed by atoms with Crippen LogP contribution >= 0.6 is 0 Å². The van der Waals surface area contributed by atoms with Gasteiger partial charge in [0.1, 0.15) is 5.54 Å². The minimum atomic E-state index is -0.729. The number of fused-ring (bicyclic) bond motifs is 1. The summed E-state index contributed by atoms with van der Waals surface area (Å²) < 4.78 is 4.79. The van der Waals surface area contributed by atoms with E-state index in [4.69, 9.17) is 10.5 Å². The molecule has 0 aromatic rings. The number of nitrogens with two attached hydrogens (primary N) is 1. The molecular formula is C11H20N2O2. The maximum Gasteiger partial charge on any atom is 0.325 e. The van der Waals surface area contributed by atoms with Gasteiger partial charge in [-0.25, -0.2) is 0 Å². The van der Waals surface area contributed by atoms with Crippen LogP contribution in [0.4, 0.5) is 0 Å². The lowest BCUT2D eigenvalue weighted by Gasteiger charge is -2.45. The Morgan fingerprint density at radius 2 is 2.27 bits per heavy atom. The Kier molecular flexibility index (Phi) is 2.98. The van der Waals surface area contributed by atoms with Crippen LogP contribution in [0.1, 0.15) is 32.1 Å². The molecule has 0 bridgehead atoms. The summed E-state index contributed by atoms with van der Waals surface area (Å²) in [5.41, 5.74) is 5.39. The Balaban J connectivity index is 2.04. The molecule has 86 valence electrons. The van der Waals surface area contributed by atoms with Crippen molar-refractivity contribution in [3.63, 3.8) is 0 Å². The van der Waals surface area contributed by atoms with Gasteiger partial charge in [0.15, 0.2) is 0 Å². The molecule has 4 heteroatoms. The Bertz CT molecular complexity index is 257. The molecule has 15 heavy (non-hydrogen) atoms. The fourth-order valence-electron chi connectivity index (χ4n) is 2.84. The average Bonchev–Trinajstić information content (AvgIpc) is 2.27. The number of piperidine rings is 2. The van der Waals surface area contributed by atoms with Crippen molar-refractivity contribution in [2.24, 2.45) is 5.73 Å². The van der Waals surface area contributed by atoms with Crippen LogP contribution in [-0.2, 0) is 9.53 Å². The summed E-state index contributed by atoms with van der Waals surface area (Å²) in [4.78, 5) is 14.1. The van der Waals surface area contributed by atoms with E-state index in [1.165, 1.54) is 32.9 Å². The average molecular weight is 212 g/mol. The van der Waals surface area contributed by atoms with Crippen molar-refractivity contribution in [1.82, 2.24) is 4.90 Å². The van der Waals surface area contributed by atoms with Gasteiger partial charge in [0.25, 0.3) is 0 Å². The lowest BCUT2D eigenvalue weighted by molar-refractivity contribution is -0.150. The highest BCUT2D eigenvalue weighted by molar-refractivity contribution is 5.80. The van der Waals surface area contributed by atoms with Crippen LogP contribution < -0.4 is 5.73 Å². The Morgan fingerprint density at radius 3 is 3.00 bits per heavy atom. The molecule has 0 aromatic carbocycles. The number of hydrogen-bond donors (Lipinski definition) is 1. The second-order valence-corrected chi connectivity index (χ2v) is 4.79. The molecule has 4 nitrogen and oxygen atoms in total. The fourth-order valence-corrected chi connectivity index (χ4v) is 2.84. The van der Waals surface area contributed by atoms with Crippen molar-refractivity contribution in [3.8, 4) is 0 Å². The molecule has 2 fully saturated rings. The Labute approximate surface area is 90.8 Å². The van der Waals surface area contributed by atoms with Crippen LogP contribution in [0.2, 0.25) is 0 Å². The number of hydrogen-bond acceptors (Lipinski definition) is 4. The summed E-state index contributed by atoms with van der Waals surface area (Å²) >= 11 is 0. The topological polar surface area (TPSA) is 55.6 Å². The van der Waals surface area contributed by atoms with Gasteiger partial charge in [-0.15, -0.1) is 0 Å². The van der Waals surface area contributed by atoms with E-state index in [0.717, 1.165) is 19.4 Å². The smallest absolute Gasteiger partial charge is 0.325 e. The van der Waals surface area contributed by atoms with E-state index >= 15 is 0 Å². The summed E-state index contributed by atoms with van der Waals surface area (Å²) in [5.74, 6) is -0.243. The van der Waals surface area contributed by atoms with Gasteiger partial charge in [0.05, 0.1) is 7.11 Å². The molecule has 2 heterocycles. The van der Waals surface area contributed by atoms with Crippen molar-refractivity contribution in [1.29, 1.82) is 0 Å². The van der Waals surface area contributed by atoms with Gasteiger partial charge in [0, 0.05) is 12.6 Å². The van der Waals surface area contributed by atoms with Gasteiger partial charge in [-0.2, -0.15) is 0 Å². The van der Waals surface area contributed by atoms with Crippen LogP contribution in [0.25, 0.3) is 0 Å². The molecule has 0 radical (unpaired) electrons. The molecule has 0 aliphatic carbocycles. The highest BCUT2D eigenvalue weighted by Crippen LogP contribution is 2.31. The minimum Gasteiger partial charge on any atom is -0.468 e. The van der Waals surface area contributed by atoms with Gasteiger partial charge in [-0.3, -0.25) is 4.79 Å². The quantitative estimate of drug-likeness (QED) is 0.643. The minimum absolute atomic E-state index is 0.243. The molecule has 0 aromatic heterocycles. The number of esters is 1. The molecule has 2 aliphatic rings. The first-order valence-corrected chi connectivity index (χ1v) is 5.77. The van der Waals surface area contributed by atoms with E-state index < -0.39 is 5.54 Å². The van der Waals surface area contributed by atoms with E-state index in [1.807, 2.05) is 0 Å². The number of rotatable bonds is 1. The second kappa shape index (κ2) is 4.10. The van der Waals surface area contributed by atoms with Gasteiger partial charge in [-0.1, -0.05) is 6.42 Å². The Hall–Kier alpha value is -0.610. The van der Waals surface area contributed by atoms with Crippen LogP contribution in [-0.4, -0.2) is 42.6 Å². The van der Waals surface area contributed by atoms with Crippen molar-refractivity contribution >= 4 is 5.97 Å². The third-order valence-electron chi connectivity index (χ3n) is 3.79. The van der Waals surface area contributed by atoms with E-state index in [2.05, 4.69) is 4.90 Å². The van der Waals surface area contributed by atoms with Gasteiger partial charge in [-0.05, 0) is 32.2 Å². The van der Waals surface area contributed by atoms with E-state index in [-0.39, 0.29) is 5.97 Å². The zero-order valence-corrected chi connectivity index (χ0v) is 9.37. The lowest BCUT2D eigenvalue weighted by Crippen LogP contribution is -2.60. The zero-order chi connectivity index (χ0) is 10.9. The first-order valence-electron chi connectivity index (χ1n) is 5.77. The molecule has 0 saturated carbocycles. The van der Waals surface area contributed by atoms with Crippen LogP contribution in [0.15, 0.2) is 0 Å². The fraction of sp³-hybridized carbons (Fsp3) is 0.909. The molecule has 2 saturated heterocycles. The maximum absolute atomic E-state index is 11.6. The number of carbonyl (C=O) groups is 1. The first kappa shape index (κ1) is 10.9. The van der Waals surface area contributed by atoms with Crippen LogP contribution in [0, 0.1) is 0 Å². The van der Waals surface area contributed by atoms with E-state index in [9.17, 15) is 4.79 Å². The number of carbonyl (C=O) groups excluding carboxylic acids is 1. The molecular weight excluding hydrogens is 192 g/mol. The number of ether oxygens (including phenoxy) is 1. The zero-order valence-electron chi connectivity index (χ0n) is 9.37. The monoisotopic (exact) mass is 212 g/mol. The van der Waals surface area contributed by atoms with Crippen molar-refractivity contribution in [2.75, 3.05) is 20.2 Å². The second-order valence-electron chi connectivity index (χ2n) is 4.79. The lowest BCUT2D eigenvalue weighted by atomic mass is 9.80. The van der Waals surface area contributed by atoms with Gasteiger partial charge in [0.2, 0.25) is 0 Å². The standard InChI is InChI=1S/C11H20N2O2/c1-15-10(14)11(12)5-7-13-6-3-2-4-9(13)8-11/h9H,2-8,12H2,1H3. The molecule has 2 unspecified atom stereocenters. The van der Waals surface area contributed by atoms with Gasteiger partial charge < -0.3 is 15.4 Å². The SMILES string of the molecule is COC(=O)C1(N)CCN2CCCCC2C1. The predicted molar refractivity (Wildman–Crippen MR) is 57.4 cm³/mol. The largest absolute Gasteiger partial charge is 0.468 e. The van der Waals surface area contributed by atoms with Crippen LogP contribution in [0.3, 0.4) is 0 Å². The maximum atomic E-state index is 11.6.